The predicted molar refractivity (Wildman–Crippen MR) is 110 cm³/mol. The van der Waals surface area contributed by atoms with Crippen LogP contribution in [-0.4, -0.2) is 140 Å². The predicted octanol–water partition coefficient (Wildman–Crippen LogP) is -4.98. The van der Waals surface area contributed by atoms with Crippen LogP contribution < -0.4 is 0 Å². The molecule has 0 amide bonds. The van der Waals surface area contributed by atoms with E-state index in [1.807, 2.05) is 0 Å². The Hall–Kier alpha value is -1.24. The highest BCUT2D eigenvalue weighted by atomic mass is 16.8. The van der Waals surface area contributed by atoms with Crippen molar-refractivity contribution in [2.24, 2.45) is 11.8 Å². The summed E-state index contributed by atoms with van der Waals surface area (Å²) in [5.41, 5.74) is 0.420. The summed E-state index contributed by atoms with van der Waals surface area (Å²) >= 11 is 0. The van der Waals surface area contributed by atoms with Crippen LogP contribution in [0.1, 0.15) is 0 Å². The highest BCUT2D eigenvalue weighted by Gasteiger charge is 2.51. The molecule has 14 atom stereocenters. The Morgan fingerprint density at radius 3 is 1.74 bits per heavy atom. The SMILES string of the molecule is OCC1=C[C@@H](O[C@@H]2O[C@H](CO)[C@@H](O)[C@@H](O)[C@H]2O)[C@@H]2C=CO[C@@H](O[C@@H]3O[C@H](CO)[C@@H](O)[C@H](O)[C@H]3O)[C@H]12. The quantitative estimate of drug-likeness (QED) is 0.147. The summed E-state index contributed by atoms with van der Waals surface area (Å²) in [5, 5.41) is 89.3. The van der Waals surface area contributed by atoms with E-state index in [1.165, 1.54) is 6.26 Å². The number of rotatable bonds is 7. The van der Waals surface area contributed by atoms with Gasteiger partial charge >= 0.3 is 0 Å². The van der Waals surface area contributed by atoms with E-state index in [2.05, 4.69) is 0 Å². The van der Waals surface area contributed by atoms with Gasteiger partial charge in [-0.3, -0.25) is 0 Å². The molecule has 14 nitrogen and oxygen atoms in total. The van der Waals surface area contributed by atoms with Crippen LogP contribution >= 0.6 is 0 Å². The van der Waals surface area contributed by atoms with Crippen molar-refractivity contribution in [1.29, 1.82) is 0 Å². The van der Waals surface area contributed by atoms with Crippen molar-refractivity contribution in [3.05, 3.63) is 24.0 Å². The van der Waals surface area contributed by atoms with Gasteiger partial charge in [-0.05, 0) is 11.6 Å². The first kappa shape index (κ1) is 26.8. The molecular weight excluding hydrogens is 476 g/mol. The number of fused-ring (bicyclic) bond motifs is 1. The van der Waals surface area contributed by atoms with Crippen LogP contribution in [0.15, 0.2) is 24.0 Å². The normalized spacial score (nSPS) is 49.9. The fourth-order valence-electron chi connectivity index (χ4n) is 4.82. The van der Waals surface area contributed by atoms with Crippen molar-refractivity contribution < 1.29 is 69.6 Å². The van der Waals surface area contributed by atoms with Gasteiger partial charge in [0, 0.05) is 5.92 Å². The van der Waals surface area contributed by atoms with Gasteiger partial charge in [0.15, 0.2) is 12.6 Å². The summed E-state index contributed by atoms with van der Waals surface area (Å²) in [6.07, 6.45) is -12.4. The number of aliphatic hydroxyl groups excluding tert-OH is 9. The Balaban J connectivity index is 1.48. The molecule has 4 rings (SSSR count). The molecule has 0 aromatic carbocycles. The Morgan fingerprint density at radius 2 is 1.23 bits per heavy atom. The molecule has 0 unspecified atom stereocenters. The summed E-state index contributed by atoms with van der Waals surface area (Å²) in [7, 11) is 0. The van der Waals surface area contributed by atoms with Gasteiger partial charge in [-0.2, -0.15) is 0 Å². The Bertz CT molecular complexity index is 773. The first-order valence-corrected chi connectivity index (χ1v) is 11.3. The van der Waals surface area contributed by atoms with E-state index in [9.17, 15) is 46.0 Å². The first-order chi connectivity index (χ1) is 16.7. The standard InChI is InChI=1S/C21H32O14/c22-4-7-3-9(32-20-17(29)15(27)13(25)10(5-23)33-20)8-1-2-31-19(12(7)8)35-21-18(30)16(28)14(26)11(6-24)34-21/h1-3,8-30H,4-6H2/t8-,9+,10+,11+,12+,13+,14+,15+,16-,17+,18+,19-,20+,21-/m0/s1. The number of hydrogen-bond donors (Lipinski definition) is 9. The molecule has 3 heterocycles. The van der Waals surface area contributed by atoms with Crippen LogP contribution in [0.4, 0.5) is 0 Å². The highest BCUT2D eigenvalue weighted by molar-refractivity contribution is 5.26. The van der Waals surface area contributed by atoms with Gasteiger partial charge in [0.05, 0.1) is 38.1 Å². The van der Waals surface area contributed by atoms with E-state index in [4.69, 9.17) is 23.7 Å². The molecule has 2 saturated heterocycles. The minimum Gasteiger partial charge on any atom is -0.472 e. The average molecular weight is 508 g/mol. The largest absolute Gasteiger partial charge is 0.472 e. The molecule has 14 heteroatoms. The molecule has 3 aliphatic heterocycles. The van der Waals surface area contributed by atoms with Crippen LogP contribution in [0.3, 0.4) is 0 Å². The van der Waals surface area contributed by atoms with Crippen LogP contribution in [0.5, 0.6) is 0 Å². The lowest BCUT2D eigenvalue weighted by Crippen LogP contribution is -2.60. The zero-order chi connectivity index (χ0) is 25.4. The maximum absolute atomic E-state index is 10.3. The first-order valence-electron chi connectivity index (χ1n) is 11.3. The third kappa shape index (κ3) is 5.00. The van der Waals surface area contributed by atoms with E-state index < -0.39 is 105 Å². The van der Waals surface area contributed by atoms with Crippen LogP contribution in [-0.2, 0) is 23.7 Å². The molecule has 35 heavy (non-hydrogen) atoms. The third-order valence-electron chi connectivity index (χ3n) is 6.85. The molecule has 4 aliphatic rings. The second kappa shape index (κ2) is 11.0. The molecule has 0 aromatic heterocycles. The van der Waals surface area contributed by atoms with Crippen molar-refractivity contribution in [3.8, 4) is 0 Å². The summed E-state index contributed by atoms with van der Waals surface area (Å²) in [5.74, 6) is -1.21. The number of hydrogen-bond acceptors (Lipinski definition) is 14. The van der Waals surface area contributed by atoms with E-state index in [0.717, 1.165) is 0 Å². The van der Waals surface area contributed by atoms with Gasteiger partial charge < -0.3 is 69.6 Å². The van der Waals surface area contributed by atoms with Gasteiger partial charge in [0.2, 0.25) is 6.29 Å². The molecular formula is C21H32O14. The van der Waals surface area contributed by atoms with E-state index >= 15 is 0 Å². The number of aliphatic hydroxyl groups is 9. The summed E-state index contributed by atoms with van der Waals surface area (Å²) < 4.78 is 27.9. The molecule has 0 aromatic rings. The topological polar surface area (TPSA) is 228 Å². The van der Waals surface area contributed by atoms with Crippen molar-refractivity contribution in [3.63, 3.8) is 0 Å². The monoisotopic (exact) mass is 508 g/mol. The van der Waals surface area contributed by atoms with Crippen LogP contribution in [0.2, 0.25) is 0 Å². The number of ether oxygens (including phenoxy) is 5. The van der Waals surface area contributed by atoms with Gasteiger partial charge in [0.1, 0.15) is 48.8 Å². The Morgan fingerprint density at radius 1 is 0.686 bits per heavy atom. The molecule has 0 spiro atoms. The molecule has 0 radical (unpaired) electrons. The lowest BCUT2D eigenvalue weighted by molar-refractivity contribution is -0.341. The smallest absolute Gasteiger partial charge is 0.209 e. The van der Waals surface area contributed by atoms with Crippen LogP contribution in [0, 0.1) is 11.8 Å². The van der Waals surface area contributed by atoms with E-state index in [1.54, 1.807) is 12.2 Å². The van der Waals surface area contributed by atoms with Crippen molar-refractivity contribution in [1.82, 2.24) is 0 Å². The molecule has 2 fully saturated rings. The lowest BCUT2D eigenvalue weighted by atomic mass is 9.88. The maximum Gasteiger partial charge on any atom is 0.209 e. The Labute approximate surface area is 199 Å². The lowest BCUT2D eigenvalue weighted by Gasteiger charge is -2.43. The molecule has 0 bridgehead atoms. The zero-order valence-electron chi connectivity index (χ0n) is 18.5. The molecule has 200 valence electrons. The molecule has 1 aliphatic carbocycles. The van der Waals surface area contributed by atoms with Gasteiger partial charge in [0.25, 0.3) is 0 Å². The summed E-state index contributed by atoms with van der Waals surface area (Å²) in [4.78, 5) is 0. The van der Waals surface area contributed by atoms with Gasteiger partial charge in [-0.15, -0.1) is 0 Å². The second-order valence-corrected chi connectivity index (χ2v) is 8.97. The zero-order valence-corrected chi connectivity index (χ0v) is 18.5. The van der Waals surface area contributed by atoms with Crippen molar-refractivity contribution in [2.45, 2.75) is 73.8 Å². The van der Waals surface area contributed by atoms with Crippen molar-refractivity contribution >= 4 is 0 Å². The van der Waals surface area contributed by atoms with E-state index in [-0.39, 0.29) is 0 Å². The van der Waals surface area contributed by atoms with E-state index in [0.29, 0.717) is 5.57 Å². The van der Waals surface area contributed by atoms with Gasteiger partial charge in [-0.25, -0.2) is 0 Å². The minimum absolute atomic E-state index is 0.420. The summed E-state index contributed by atoms with van der Waals surface area (Å²) in [6, 6.07) is 0. The van der Waals surface area contributed by atoms with Crippen molar-refractivity contribution in [2.75, 3.05) is 19.8 Å². The molecule has 0 saturated carbocycles. The Kier molecular flexibility index (Phi) is 8.44. The van der Waals surface area contributed by atoms with Crippen LogP contribution in [0.25, 0.3) is 0 Å². The maximum atomic E-state index is 10.3. The molecule has 9 N–H and O–H groups in total. The minimum atomic E-state index is -1.66. The second-order valence-electron chi connectivity index (χ2n) is 8.97. The van der Waals surface area contributed by atoms with Gasteiger partial charge in [-0.1, -0.05) is 6.08 Å². The average Bonchev–Trinajstić information content (AvgIpc) is 3.23. The third-order valence-corrected chi connectivity index (χ3v) is 6.85. The fraction of sp³-hybridized carbons (Fsp3) is 0.810. The fourth-order valence-corrected chi connectivity index (χ4v) is 4.82. The summed E-state index contributed by atoms with van der Waals surface area (Å²) in [6.45, 7) is -1.69. The highest BCUT2D eigenvalue weighted by Crippen LogP contribution is 2.43.